The van der Waals surface area contributed by atoms with Gasteiger partial charge in [0.1, 0.15) is 0 Å². The molecule has 0 atom stereocenters. The summed E-state index contributed by atoms with van der Waals surface area (Å²) >= 11 is 0. The average Bonchev–Trinajstić information content (AvgIpc) is 2.41. The van der Waals surface area contributed by atoms with Crippen molar-refractivity contribution in [2.24, 2.45) is 5.73 Å². The highest BCUT2D eigenvalue weighted by Gasteiger charge is 2.11. The third-order valence-corrected chi connectivity index (χ3v) is 2.03. The third-order valence-electron chi connectivity index (χ3n) is 2.03. The number of hydrogen-bond acceptors (Lipinski definition) is 2. The van der Waals surface area contributed by atoms with Gasteiger partial charge in [-0.25, -0.2) is 0 Å². The average molecular weight is 186 g/mol. The summed E-state index contributed by atoms with van der Waals surface area (Å²) in [5.41, 5.74) is 6.71. The number of primary amides is 1. The normalized spacial score (nSPS) is 18.4. The number of allylic oxidation sites excluding steroid dienone is 5. The Bertz CT molecular complexity index is 411. The lowest BCUT2D eigenvalue weighted by molar-refractivity contribution is -0.114. The summed E-state index contributed by atoms with van der Waals surface area (Å²) < 4.78 is 0. The summed E-state index contributed by atoms with van der Waals surface area (Å²) in [7, 11) is 0. The number of amides is 1. The molecule has 0 saturated carbocycles. The van der Waals surface area contributed by atoms with Crippen molar-refractivity contribution in [3.05, 3.63) is 60.1 Å². The first-order valence-electron chi connectivity index (χ1n) is 4.30. The number of carbonyl (C=O) groups is 1. The van der Waals surface area contributed by atoms with Crippen LogP contribution in [-0.4, -0.2) is 10.8 Å². The molecule has 0 fully saturated rings. The van der Waals surface area contributed by atoms with Crippen LogP contribution in [0.1, 0.15) is 0 Å². The van der Waals surface area contributed by atoms with Gasteiger partial charge < -0.3 is 10.6 Å². The van der Waals surface area contributed by atoms with Crippen LogP contribution in [0.4, 0.5) is 0 Å². The molecule has 2 rings (SSSR count). The Morgan fingerprint density at radius 3 is 2.86 bits per heavy atom. The van der Waals surface area contributed by atoms with Crippen LogP contribution >= 0.6 is 0 Å². The van der Waals surface area contributed by atoms with E-state index in [1.807, 2.05) is 41.5 Å². The number of nitrogens with zero attached hydrogens (tertiary/aromatic N) is 1. The van der Waals surface area contributed by atoms with Crippen molar-refractivity contribution in [1.82, 2.24) is 4.90 Å². The second-order valence-electron chi connectivity index (χ2n) is 3.01. The molecule has 0 aliphatic carbocycles. The molecule has 0 unspecified atom stereocenters. The zero-order valence-electron chi connectivity index (χ0n) is 7.55. The van der Waals surface area contributed by atoms with Crippen LogP contribution in [0.3, 0.4) is 0 Å². The van der Waals surface area contributed by atoms with E-state index in [0.717, 1.165) is 5.70 Å². The van der Waals surface area contributed by atoms with Gasteiger partial charge in [-0.3, -0.25) is 4.79 Å². The van der Waals surface area contributed by atoms with Gasteiger partial charge in [0.2, 0.25) is 5.91 Å². The number of rotatable bonds is 1. The maximum Gasteiger partial charge on any atom is 0.250 e. The SMILES string of the molecule is NC(=O)C1=CN2C=CC=CC=C2C=C1. The van der Waals surface area contributed by atoms with Gasteiger partial charge >= 0.3 is 0 Å². The van der Waals surface area contributed by atoms with Crippen LogP contribution < -0.4 is 5.73 Å². The molecule has 2 N–H and O–H groups in total. The Morgan fingerprint density at radius 1 is 1.21 bits per heavy atom. The molecular weight excluding hydrogens is 176 g/mol. The molecule has 2 aliphatic rings. The van der Waals surface area contributed by atoms with Crippen LogP contribution in [0.15, 0.2) is 60.1 Å². The number of fused-ring (bicyclic) bond motifs is 1. The van der Waals surface area contributed by atoms with Crippen LogP contribution in [0.25, 0.3) is 0 Å². The van der Waals surface area contributed by atoms with Crippen molar-refractivity contribution in [3.63, 3.8) is 0 Å². The van der Waals surface area contributed by atoms with E-state index in [0.29, 0.717) is 5.57 Å². The predicted molar refractivity (Wildman–Crippen MR) is 54.6 cm³/mol. The van der Waals surface area contributed by atoms with E-state index in [9.17, 15) is 4.79 Å². The van der Waals surface area contributed by atoms with Gasteiger partial charge in [0, 0.05) is 18.1 Å². The topological polar surface area (TPSA) is 46.3 Å². The van der Waals surface area contributed by atoms with E-state index < -0.39 is 5.91 Å². The van der Waals surface area contributed by atoms with E-state index >= 15 is 0 Å². The summed E-state index contributed by atoms with van der Waals surface area (Å²) in [5, 5.41) is 0. The Labute approximate surface area is 82.2 Å². The van der Waals surface area contributed by atoms with Gasteiger partial charge in [-0.2, -0.15) is 0 Å². The van der Waals surface area contributed by atoms with Crippen LogP contribution in [0.5, 0.6) is 0 Å². The Hall–Kier alpha value is -2.03. The van der Waals surface area contributed by atoms with Crippen molar-refractivity contribution >= 4 is 5.91 Å². The lowest BCUT2D eigenvalue weighted by Crippen LogP contribution is -2.19. The lowest BCUT2D eigenvalue weighted by Gasteiger charge is -2.20. The molecule has 2 heterocycles. The van der Waals surface area contributed by atoms with Gasteiger partial charge in [-0.05, 0) is 24.3 Å². The Morgan fingerprint density at radius 2 is 2.07 bits per heavy atom. The molecule has 0 spiro atoms. The number of carbonyl (C=O) groups excluding carboxylic acids is 1. The van der Waals surface area contributed by atoms with Gasteiger partial charge in [-0.1, -0.05) is 12.2 Å². The molecule has 14 heavy (non-hydrogen) atoms. The number of hydrogen-bond donors (Lipinski definition) is 1. The van der Waals surface area contributed by atoms with Crippen LogP contribution in [0.2, 0.25) is 0 Å². The molecule has 0 saturated heterocycles. The van der Waals surface area contributed by atoms with Gasteiger partial charge in [0.15, 0.2) is 0 Å². The highest BCUT2D eigenvalue weighted by atomic mass is 16.1. The highest BCUT2D eigenvalue weighted by Crippen LogP contribution is 2.18. The first-order chi connectivity index (χ1) is 6.77. The maximum atomic E-state index is 10.9. The van der Waals surface area contributed by atoms with Crippen molar-refractivity contribution in [1.29, 1.82) is 0 Å². The fraction of sp³-hybridized carbons (Fsp3) is 0. The standard InChI is InChI=1S/C11H10N2O/c12-11(14)9-5-6-10-4-2-1-3-7-13(10)8-9/h1-8H,(H2,12,14). The second kappa shape index (κ2) is 3.38. The maximum absolute atomic E-state index is 10.9. The van der Waals surface area contributed by atoms with E-state index in [4.69, 9.17) is 5.73 Å². The molecule has 2 aliphatic heterocycles. The zero-order chi connectivity index (χ0) is 9.97. The minimum Gasteiger partial charge on any atom is -0.366 e. The fourth-order valence-electron chi connectivity index (χ4n) is 1.31. The minimum absolute atomic E-state index is 0.411. The Kier molecular flexibility index (Phi) is 2.07. The summed E-state index contributed by atoms with van der Waals surface area (Å²) in [6, 6.07) is 0. The first-order valence-corrected chi connectivity index (χ1v) is 4.30. The summed E-state index contributed by atoms with van der Waals surface area (Å²) in [5.74, 6) is -0.411. The van der Waals surface area contributed by atoms with Crippen LogP contribution in [0, 0.1) is 0 Å². The summed E-state index contributed by atoms with van der Waals surface area (Å²) in [4.78, 5) is 12.8. The monoisotopic (exact) mass is 186 g/mol. The number of nitrogens with two attached hydrogens (primary N) is 1. The van der Waals surface area contributed by atoms with Gasteiger partial charge in [-0.15, -0.1) is 0 Å². The largest absolute Gasteiger partial charge is 0.366 e. The lowest BCUT2D eigenvalue weighted by atomic mass is 10.1. The van der Waals surface area contributed by atoms with E-state index in [-0.39, 0.29) is 0 Å². The van der Waals surface area contributed by atoms with E-state index in [1.54, 1.807) is 12.3 Å². The molecule has 3 heteroatoms. The molecule has 1 amide bonds. The molecule has 0 radical (unpaired) electrons. The molecule has 70 valence electrons. The van der Waals surface area contributed by atoms with Gasteiger partial charge in [0.05, 0.1) is 5.57 Å². The molecule has 0 aromatic heterocycles. The fourth-order valence-corrected chi connectivity index (χ4v) is 1.31. The molecule has 0 aromatic carbocycles. The third kappa shape index (κ3) is 1.52. The van der Waals surface area contributed by atoms with Crippen LogP contribution in [-0.2, 0) is 4.79 Å². The van der Waals surface area contributed by atoms with Crippen molar-refractivity contribution < 1.29 is 4.79 Å². The molecule has 0 bridgehead atoms. The van der Waals surface area contributed by atoms with Gasteiger partial charge in [0.25, 0.3) is 0 Å². The van der Waals surface area contributed by atoms with Crippen molar-refractivity contribution in [2.75, 3.05) is 0 Å². The van der Waals surface area contributed by atoms with E-state index in [1.165, 1.54) is 0 Å². The highest BCUT2D eigenvalue weighted by molar-refractivity contribution is 5.95. The molecule has 3 nitrogen and oxygen atoms in total. The quantitative estimate of drug-likeness (QED) is 0.668. The Balaban J connectivity index is 2.36. The predicted octanol–water partition coefficient (Wildman–Crippen LogP) is 1.19. The second-order valence-corrected chi connectivity index (χ2v) is 3.01. The molecular formula is C11H10N2O. The summed E-state index contributed by atoms with van der Waals surface area (Å²) in [6.45, 7) is 0. The first kappa shape index (κ1) is 8.56. The van der Waals surface area contributed by atoms with Crippen molar-refractivity contribution in [2.45, 2.75) is 0 Å². The zero-order valence-corrected chi connectivity index (χ0v) is 7.55. The van der Waals surface area contributed by atoms with Crippen molar-refractivity contribution in [3.8, 4) is 0 Å². The smallest absolute Gasteiger partial charge is 0.250 e. The molecule has 0 aromatic rings. The minimum atomic E-state index is -0.411. The van der Waals surface area contributed by atoms with E-state index in [2.05, 4.69) is 0 Å². The summed E-state index contributed by atoms with van der Waals surface area (Å²) in [6.07, 6.45) is 14.9.